The molecule has 4 rings (SSSR count). The van der Waals surface area contributed by atoms with Crippen LogP contribution in [0.25, 0.3) is 0 Å². The first-order valence-electron chi connectivity index (χ1n) is 7.84. The molecule has 0 aromatic heterocycles. The summed E-state index contributed by atoms with van der Waals surface area (Å²) in [4.78, 5) is 25.7. The van der Waals surface area contributed by atoms with Gasteiger partial charge in [0.1, 0.15) is 11.2 Å². The van der Waals surface area contributed by atoms with Crippen molar-refractivity contribution in [1.82, 2.24) is 0 Å². The lowest BCUT2D eigenvalue weighted by atomic mass is 9.67. The van der Waals surface area contributed by atoms with E-state index < -0.39 is 5.41 Å². The summed E-state index contributed by atoms with van der Waals surface area (Å²) >= 11 is 0. The summed E-state index contributed by atoms with van der Waals surface area (Å²) in [7, 11) is 0. The lowest BCUT2D eigenvalue weighted by Gasteiger charge is -2.29. The van der Waals surface area contributed by atoms with Gasteiger partial charge in [-0.2, -0.15) is 0 Å². The molecule has 0 unspecified atom stereocenters. The second-order valence-corrected chi connectivity index (χ2v) is 5.95. The van der Waals surface area contributed by atoms with Crippen molar-refractivity contribution < 1.29 is 14.3 Å². The van der Waals surface area contributed by atoms with E-state index in [1.54, 1.807) is 0 Å². The molecule has 0 saturated heterocycles. The van der Waals surface area contributed by atoms with Crippen LogP contribution in [-0.2, 0) is 19.7 Å². The third-order valence-electron chi connectivity index (χ3n) is 4.68. The average molecular weight is 304 g/mol. The van der Waals surface area contributed by atoms with Gasteiger partial charge in [0, 0.05) is 12.8 Å². The summed E-state index contributed by atoms with van der Waals surface area (Å²) < 4.78 is 5.58. The Morgan fingerprint density at radius 3 is 1.91 bits per heavy atom. The summed E-state index contributed by atoms with van der Waals surface area (Å²) in [5, 5.41) is 0. The number of benzene rings is 2. The van der Waals surface area contributed by atoms with Crippen LogP contribution in [0, 0.1) is 0 Å². The van der Waals surface area contributed by atoms with Gasteiger partial charge in [-0.1, -0.05) is 60.7 Å². The number of rotatable bonds is 2. The van der Waals surface area contributed by atoms with Gasteiger partial charge in [0.05, 0.1) is 5.57 Å². The summed E-state index contributed by atoms with van der Waals surface area (Å²) in [5.74, 6) is 0.207. The highest BCUT2D eigenvalue weighted by Crippen LogP contribution is 2.49. The highest BCUT2D eigenvalue weighted by molar-refractivity contribution is 6.11. The molecule has 3 heteroatoms. The molecule has 0 spiro atoms. The van der Waals surface area contributed by atoms with Crippen LogP contribution in [0.1, 0.15) is 30.4 Å². The van der Waals surface area contributed by atoms with Crippen LogP contribution in [0.3, 0.4) is 0 Å². The summed E-state index contributed by atoms with van der Waals surface area (Å²) in [6.07, 6.45) is 1.86. The fraction of sp³-hybridized carbons (Fsp3) is 0.200. The Kier molecular flexibility index (Phi) is 3.15. The SMILES string of the molecule is O=C1CCCC2=C1C(c1ccccc1)(c1ccccc1)C(=O)O2. The number of hydrogen-bond donors (Lipinski definition) is 0. The van der Waals surface area contributed by atoms with Gasteiger partial charge >= 0.3 is 5.97 Å². The van der Waals surface area contributed by atoms with Gasteiger partial charge in [0.15, 0.2) is 5.78 Å². The highest BCUT2D eigenvalue weighted by atomic mass is 16.5. The maximum absolute atomic E-state index is 13.0. The Morgan fingerprint density at radius 2 is 1.35 bits per heavy atom. The molecule has 2 aromatic rings. The van der Waals surface area contributed by atoms with E-state index in [1.807, 2.05) is 60.7 Å². The Morgan fingerprint density at radius 1 is 0.783 bits per heavy atom. The van der Waals surface area contributed by atoms with Gasteiger partial charge < -0.3 is 4.74 Å². The Balaban J connectivity index is 2.06. The molecule has 0 saturated carbocycles. The van der Waals surface area contributed by atoms with Crippen LogP contribution < -0.4 is 0 Å². The largest absolute Gasteiger partial charge is 0.429 e. The van der Waals surface area contributed by atoms with Crippen LogP contribution in [0.15, 0.2) is 72.0 Å². The molecule has 1 heterocycles. The zero-order valence-corrected chi connectivity index (χ0v) is 12.6. The molecule has 114 valence electrons. The maximum atomic E-state index is 13.0. The van der Waals surface area contributed by atoms with Crippen molar-refractivity contribution in [2.75, 3.05) is 0 Å². The highest BCUT2D eigenvalue weighted by Gasteiger charge is 2.56. The lowest BCUT2D eigenvalue weighted by molar-refractivity contribution is -0.140. The zero-order valence-electron chi connectivity index (χ0n) is 12.6. The molecule has 0 bridgehead atoms. The van der Waals surface area contributed by atoms with E-state index in [2.05, 4.69) is 0 Å². The van der Waals surface area contributed by atoms with E-state index in [9.17, 15) is 9.59 Å². The van der Waals surface area contributed by atoms with Crippen molar-refractivity contribution in [3.63, 3.8) is 0 Å². The second-order valence-electron chi connectivity index (χ2n) is 5.95. The summed E-state index contributed by atoms with van der Waals surface area (Å²) in [6, 6.07) is 18.9. The monoisotopic (exact) mass is 304 g/mol. The first kappa shape index (κ1) is 13.9. The number of carbonyl (C=O) groups excluding carboxylic acids is 2. The van der Waals surface area contributed by atoms with E-state index in [1.165, 1.54) is 0 Å². The van der Waals surface area contributed by atoms with Gasteiger partial charge in [0.25, 0.3) is 0 Å². The number of ketones is 1. The topological polar surface area (TPSA) is 43.4 Å². The minimum atomic E-state index is -1.13. The third kappa shape index (κ3) is 1.89. The van der Waals surface area contributed by atoms with Crippen molar-refractivity contribution in [1.29, 1.82) is 0 Å². The van der Waals surface area contributed by atoms with Gasteiger partial charge in [-0.3, -0.25) is 4.79 Å². The summed E-state index contributed by atoms with van der Waals surface area (Å²) in [5.41, 5.74) is 0.981. The fourth-order valence-electron chi connectivity index (χ4n) is 3.69. The number of allylic oxidation sites excluding steroid dienone is 1. The van der Waals surface area contributed by atoms with Crippen LogP contribution in [0.2, 0.25) is 0 Å². The standard InChI is InChI=1S/C20H16O3/c21-16-12-7-13-17-18(16)20(19(22)23-17,14-8-3-1-4-9-14)15-10-5-2-6-11-15/h1-6,8-11H,7,12-13H2. The molecule has 0 N–H and O–H groups in total. The third-order valence-corrected chi connectivity index (χ3v) is 4.68. The first-order valence-corrected chi connectivity index (χ1v) is 7.84. The predicted octanol–water partition coefficient (Wildman–Crippen LogP) is 3.54. The average Bonchev–Trinajstić information content (AvgIpc) is 2.90. The van der Waals surface area contributed by atoms with Crippen LogP contribution in [0.4, 0.5) is 0 Å². The Labute approximate surface area is 134 Å². The number of Topliss-reactive ketones (excluding diaryl/α,β-unsaturated/α-hetero) is 1. The zero-order chi connectivity index (χ0) is 15.9. The molecule has 0 radical (unpaired) electrons. The molecular weight excluding hydrogens is 288 g/mol. The smallest absolute Gasteiger partial charge is 0.331 e. The van der Waals surface area contributed by atoms with Gasteiger partial charge in [-0.15, -0.1) is 0 Å². The van der Waals surface area contributed by atoms with Crippen LogP contribution in [0.5, 0.6) is 0 Å². The van der Waals surface area contributed by atoms with E-state index in [-0.39, 0.29) is 11.8 Å². The van der Waals surface area contributed by atoms with Crippen molar-refractivity contribution in [3.05, 3.63) is 83.1 Å². The second kappa shape index (κ2) is 5.20. The molecule has 23 heavy (non-hydrogen) atoms. The van der Waals surface area contributed by atoms with E-state index in [0.29, 0.717) is 24.2 Å². The molecule has 0 amide bonds. The molecule has 3 nitrogen and oxygen atoms in total. The quantitative estimate of drug-likeness (QED) is 0.797. The summed E-state index contributed by atoms with van der Waals surface area (Å²) in [6.45, 7) is 0. The minimum Gasteiger partial charge on any atom is -0.429 e. The van der Waals surface area contributed by atoms with Crippen molar-refractivity contribution >= 4 is 11.8 Å². The van der Waals surface area contributed by atoms with E-state index in [4.69, 9.17) is 4.74 Å². The van der Waals surface area contributed by atoms with Gasteiger partial charge in [0.2, 0.25) is 0 Å². The molecule has 1 aliphatic heterocycles. The normalized spacial score (nSPS) is 19.5. The van der Waals surface area contributed by atoms with Crippen molar-refractivity contribution in [2.24, 2.45) is 0 Å². The number of esters is 1. The van der Waals surface area contributed by atoms with Crippen LogP contribution >= 0.6 is 0 Å². The van der Waals surface area contributed by atoms with E-state index >= 15 is 0 Å². The van der Waals surface area contributed by atoms with Gasteiger partial charge in [-0.05, 0) is 17.5 Å². The number of ether oxygens (including phenoxy) is 1. The fourth-order valence-corrected chi connectivity index (χ4v) is 3.69. The molecular formula is C20H16O3. The molecule has 2 aliphatic rings. The first-order chi connectivity index (χ1) is 11.2. The Hall–Kier alpha value is -2.68. The van der Waals surface area contributed by atoms with Crippen molar-refractivity contribution in [3.8, 4) is 0 Å². The minimum absolute atomic E-state index is 0.0183. The number of carbonyl (C=O) groups is 2. The van der Waals surface area contributed by atoms with Crippen LogP contribution in [-0.4, -0.2) is 11.8 Å². The Bertz CT molecular complexity index is 764. The molecule has 0 atom stereocenters. The molecule has 0 fully saturated rings. The maximum Gasteiger partial charge on any atom is 0.331 e. The van der Waals surface area contributed by atoms with Crippen molar-refractivity contribution in [2.45, 2.75) is 24.7 Å². The molecule has 1 aliphatic carbocycles. The lowest BCUT2D eigenvalue weighted by Crippen LogP contribution is -2.39. The molecule has 2 aromatic carbocycles. The predicted molar refractivity (Wildman–Crippen MR) is 85.6 cm³/mol. The van der Waals surface area contributed by atoms with E-state index in [0.717, 1.165) is 17.5 Å². The number of hydrogen-bond acceptors (Lipinski definition) is 3. The van der Waals surface area contributed by atoms with Gasteiger partial charge in [-0.25, -0.2) is 4.79 Å².